The number of nitrogens with one attached hydrogen (secondary N) is 1. The number of amides is 1. The highest BCUT2D eigenvalue weighted by Gasteiger charge is 2.28. The first-order chi connectivity index (χ1) is 19.2. The third-order valence-corrected chi connectivity index (χ3v) is 6.49. The monoisotopic (exact) mass is 567 g/mol. The summed E-state index contributed by atoms with van der Waals surface area (Å²) < 4.78 is 5.90. The topological polar surface area (TPSA) is 183 Å². The normalized spacial score (nSPS) is 17.8. The van der Waals surface area contributed by atoms with Crippen LogP contribution in [0.1, 0.15) is 5.56 Å². The average Bonchev–Trinajstić information content (AvgIpc) is 2.90. The molecule has 1 amide bonds. The van der Waals surface area contributed by atoms with Crippen LogP contribution in [0.4, 0.5) is 0 Å². The minimum absolute atomic E-state index is 0.0242. The van der Waals surface area contributed by atoms with E-state index in [0.717, 1.165) is 5.56 Å². The second-order valence-electron chi connectivity index (χ2n) is 9.58. The maximum atomic E-state index is 13.2. The lowest BCUT2D eigenvalue weighted by Crippen LogP contribution is -2.55. The van der Waals surface area contributed by atoms with Crippen LogP contribution in [0, 0.1) is 0 Å². The lowest BCUT2D eigenvalue weighted by Gasteiger charge is -2.36. The zero-order valence-electron chi connectivity index (χ0n) is 22.7. The molecular formula is C26H41N5O9. The molecule has 2 rings (SSSR count). The van der Waals surface area contributed by atoms with Crippen LogP contribution in [0.2, 0.25) is 0 Å². The fraction of sp³-hybridized carbons (Fsp3) is 0.615. The Morgan fingerprint density at radius 3 is 1.62 bits per heavy atom. The maximum absolute atomic E-state index is 13.2. The van der Waals surface area contributed by atoms with Gasteiger partial charge in [-0.15, -0.1) is 0 Å². The Balaban J connectivity index is 2.26. The molecule has 1 aliphatic rings. The van der Waals surface area contributed by atoms with Crippen molar-refractivity contribution >= 4 is 23.8 Å². The van der Waals surface area contributed by atoms with Gasteiger partial charge in [0, 0.05) is 58.9 Å². The second kappa shape index (κ2) is 18.3. The maximum Gasteiger partial charge on any atom is 0.317 e. The molecule has 0 aliphatic carbocycles. The van der Waals surface area contributed by atoms with Crippen molar-refractivity contribution in [1.82, 2.24) is 24.9 Å². The molecule has 1 unspecified atom stereocenters. The zero-order valence-corrected chi connectivity index (χ0v) is 22.7. The van der Waals surface area contributed by atoms with Crippen LogP contribution < -0.4 is 5.32 Å². The summed E-state index contributed by atoms with van der Waals surface area (Å²) in [4.78, 5) is 54.5. The molecule has 1 aliphatic heterocycles. The van der Waals surface area contributed by atoms with Crippen LogP contribution >= 0.6 is 0 Å². The molecule has 14 nitrogen and oxygen atoms in total. The lowest BCUT2D eigenvalue weighted by molar-refractivity contribution is -0.141. The van der Waals surface area contributed by atoms with Crippen LogP contribution in [0.3, 0.4) is 0 Å². The zero-order chi connectivity index (χ0) is 29.3. The molecule has 1 aromatic carbocycles. The number of carbonyl (C=O) groups is 4. The van der Waals surface area contributed by atoms with Gasteiger partial charge in [-0.2, -0.15) is 0 Å². The second-order valence-corrected chi connectivity index (χ2v) is 9.58. The highest BCUT2D eigenvalue weighted by Crippen LogP contribution is 2.08. The number of aliphatic carboxylic acids is 3. The number of nitrogens with zero attached hydrogens (tertiary/aromatic N) is 4. The number of carboxylic acid groups (broad SMARTS) is 3. The van der Waals surface area contributed by atoms with Gasteiger partial charge in [0.05, 0.1) is 39.5 Å². The molecule has 1 aromatic rings. The predicted octanol–water partition coefficient (Wildman–Crippen LogP) is -1.84. The Morgan fingerprint density at radius 1 is 0.750 bits per heavy atom. The lowest BCUT2D eigenvalue weighted by atomic mass is 10.2. The van der Waals surface area contributed by atoms with E-state index in [9.17, 15) is 39.6 Å². The summed E-state index contributed by atoms with van der Waals surface area (Å²) in [5, 5.41) is 40.1. The van der Waals surface area contributed by atoms with Crippen LogP contribution in [-0.2, 0) is 30.5 Å². The Kier molecular flexibility index (Phi) is 15.1. The SMILES string of the molecule is O=C(O)CN1CCN(CC(=O)O)CCN(C(COCc2ccccc2)C(=O)NCCO)CCN(CC(=O)O)CC1. The Bertz CT molecular complexity index is 904. The molecule has 1 atom stereocenters. The summed E-state index contributed by atoms with van der Waals surface area (Å²) in [6, 6.07) is 8.67. The van der Waals surface area contributed by atoms with Crippen molar-refractivity contribution in [3.63, 3.8) is 0 Å². The summed E-state index contributed by atoms with van der Waals surface area (Å²) in [5.41, 5.74) is 0.928. The van der Waals surface area contributed by atoms with Gasteiger partial charge >= 0.3 is 17.9 Å². The predicted molar refractivity (Wildman–Crippen MR) is 144 cm³/mol. The van der Waals surface area contributed by atoms with E-state index in [1.54, 1.807) is 14.7 Å². The van der Waals surface area contributed by atoms with Gasteiger partial charge in [0.15, 0.2) is 0 Å². The van der Waals surface area contributed by atoms with Crippen molar-refractivity contribution in [3.05, 3.63) is 35.9 Å². The summed E-state index contributed by atoms with van der Waals surface area (Å²) >= 11 is 0. The summed E-state index contributed by atoms with van der Waals surface area (Å²) in [6.45, 7) is 1.55. The van der Waals surface area contributed by atoms with Gasteiger partial charge < -0.3 is 30.5 Å². The third kappa shape index (κ3) is 13.3. The van der Waals surface area contributed by atoms with E-state index < -0.39 is 23.9 Å². The van der Waals surface area contributed by atoms with Crippen molar-refractivity contribution < 1.29 is 44.3 Å². The quantitative estimate of drug-likeness (QED) is 0.169. The first kappa shape index (κ1) is 33.1. The number of benzene rings is 1. The largest absolute Gasteiger partial charge is 0.480 e. The molecule has 0 saturated carbocycles. The molecule has 0 aromatic heterocycles. The molecule has 0 bridgehead atoms. The smallest absolute Gasteiger partial charge is 0.317 e. The van der Waals surface area contributed by atoms with Gasteiger partial charge in [0.25, 0.3) is 0 Å². The van der Waals surface area contributed by atoms with Gasteiger partial charge in [0.1, 0.15) is 6.04 Å². The van der Waals surface area contributed by atoms with E-state index in [4.69, 9.17) is 4.74 Å². The van der Waals surface area contributed by atoms with Crippen molar-refractivity contribution in [3.8, 4) is 0 Å². The van der Waals surface area contributed by atoms with Crippen LogP contribution in [-0.4, -0.2) is 162 Å². The van der Waals surface area contributed by atoms with E-state index in [1.807, 2.05) is 35.2 Å². The first-order valence-corrected chi connectivity index (χ1v) is 13.2. The molecule has 1 saturated heterocycles. The average molecular weight is 568 g/mol. The van der Waals surface area contributed by atoms with E-state index in [-0.39, 0.29) is 104 Å². The summed E-state index contributed by atoms with van der Waals surface area (Å²) in [7, 11) is 0. The fourth-order valence-electron chi connectivity index (χ4n) is 4.42. The van der Waals surface area contributed by atoms with Crippen LogP contribution in [0.5, 0.6) is 0 Å². The fourth-order valence-corrected chi connectivity index (χ4v) is 4.42. The molecule has 40 heavy (non-hydrogen) atoms. The molecular weight excluding hydrogens is 526 g/mol. The van der Waals surface area contributed by atoms with Gasteiger partial charge in [-0.05, 0) is 5.56 Å². The van der Waals surface area contributed by atoms with Gasteiger partial charge in [-0.3, -0.25) is 38.8 Å². The molecule has 5 N–H and O–H groups in total. The van der Waals surface area contributed by atoms with E-state index in [1.165, 1.54) is 0 Å². The molecule has 1 heterocycles. The van der Waals surface area contributed by atoms with Crippen molar-refractivity contribution in [2.45, 2.75) is 12.6 Å². The Hall–Kier alpha value is -3.14. The minimum Gasteiger partial charge on any atom is -0.480 e. The summed E-state index contributed by atoms with van der Waals surface area (Å²) in [6.07, 6.45) is 0. The van der Waals surface area contributed by atoms with E-state index in [0.29, 0.717) is 0 Å². The molecule has 14 heteroatoms. The van der Waals surface area contributed by atoms with Gasteiger partial charge in [-0.25, -0.2) is 0 Å². The molecule has 224 valence electrons. The van der Waals surface area contributed by atoms with Crippen LogP contribution in [0.15, 0.2) is 30.3 Å². The molecule has 0 radical (unpaired) electrons. The standard InChI is InChI=1S/C26H41N5O9/c32-15-6-27-26(39)22(20-40-19-21-4-2-1-3-5-21)31-13-11-29(17-24(35)36)9-7-28(16-23(33)34)8-10-30(12-14-31)18-25(37)38/h1-5,22,32H,6-20H2,(H,27,39)(H,33,34)(H,35,36)(H,37,38). The Labute approximate surface area is 233 Å². The third-order valence-electron chi connectivity index (χ3n) is 6.49. The number of ether oxygens (including phenoxy) is 1. The van der Waals surface area contributed by atoms with Gasteiger partial charge in [0.2, 0.25) is 5.91 Å². The van der Waals surface area contributed by atoms with Gasteiger partial charge in [-0.1, -0.05) is 30.3 Å². The number of hydrogen-bond donors (Lipinski definition) is 5. The summed E-state index contributed by atoms with van der Waals surface area (Å²) in [5.74, 6) is -3.45. The number of hydrogen-bond acceptors (Lipinski definition) is 10. The highest BCUT2D eigenvalue weighted by molar-refractivity contribution is 5.82. The minimum atomic E-state index is -1.03. The highest BCUT2D eigenvalue weighted by atomic mass is 16.5. The van der Waals surface area contributed by atoms with Crippen molar-refractivity contribution in [2.24, 2.45) is 0 Å². The number of aliphatic hydroxyl groups excluding tert-OH is 1. The number of rotatable bonds is 14. The molecule has 1 fully saturated rings. The van der Waals surface area contributed by atoms with E-state index in [2.05, 4.69) is 5.32 Å². The number of carboxylic acids is 3. The van der Waals surface area contributed by atoms with E-state index >= 15 is 0 Å². The molecule has 0 spiro atoms. The van der Waals surface area contributed by atoms with Crippen molar-refractivity contribution in [1.29, 1.82) is 0 Å². The number of aliphatic hydroxyl groups is 1. The van der Waals surface area contributed by atoms with Crippen molar-refractivity contribution in [2.75, 3.05) is 91.8 Å². The van der Waals surface area contributed by atoms with Crippen LogP contribution in [0.25, 0.3) is 0 Å². The Morgan fingerprint density at radius 2 is 1.20 bits per heavy atom. The first-order valence-electron chi connectivity index (χ1n) is 13.2. The number of carbonyl (C=O) groups excluding carboxylic acids is 1.